The maximum absolute atomic E-state index is 12.9. The highest BCUT2D eigenvalue weighted by Gasteiger charge is 2.40. The van der Waals surface area contributed by atoms with Crippen molar-refractivity contribution in [2.75, 3.05) is 13.1 Å². The Kier molecular flexibility index (Phi) is 4.82. The molecule has 120 valence electrons. The van der Waals surface area contributed by atoms with Gasteiger partial charge in [0.25, 0.3) is 0 Å². The first kappa shape index (κ1) is 15.5. The van der Waals surface area contributed by atoms with Crippen molar-refractivity contribution in [3.8, 4) is 0 Å². The Morgan fingerprint density at radius 2 is 1.95 bits per heavy atom. The summed E-state index contributed by atoms with van der Waals surface area (Å²) in [5.74, 6) is 1.55. The first-order valence-electron chi connectivity index (χ1n) is 8.75. The zero-order valence-electron chi connectivity index (χ0n) is 13.6. The van der Waals surface area contributed by atoms with Crippen LogP contribution in [-0.4, -0.2) is 29.9 Å². The summed E-state index contributed by atoms with van der Waals surface area (Å²) in [6.07, 6.45) is 5.53. The summed E-state index contributed by atoms with van der Waals surface area (Å²) in [6, 6.07) is 11.0. The molecule has 1 aromatic rings. The highest BCUT2D eigenvalue weighted by atomic mass is 16.2. The number of likely N-dealkylation sites (tertiary alicyclic amines) is 1. The Morgan fingerprint density at radius 1 is 1.18 bits per heavy atom. The molecule has 22 heavy (non-hydrogen) atoms. The van der Waals surface area contributed by atoms with Crippen molar-refractivity contribution in [1.82, 2.24) is 4.90 Å². The largest absolute Gasteiger partial charge is 0.339 e. The van der Waals surface area contributed by atoms with E-state index in [-0.39, 0.29) is 5.92 Å². The van der Waals surface area contributed by atoms with E-state index in [4.69, 9.17) is 5.73 Å². The van der Waals surface area contributed by atoms with E-state index < -0.39 is 0 Å². The molecule has 1 aliphatic heterocycles. The van der Waals surface area contributed by atoms with Crippen LogP contribution < -0.4 is 5.73 Å². The summed E-state index contributed by atoms with van der Waals surface area (Å²) in [7, 11) is 0. The lowest BCUT2D eigenvalue weighted by atomic mass is 9.92. The van der Waals surface area contributed by atoms with Crippen molar-refractivity contribution in [2.24, 2.45) is 23.5 Å². The van der Waals surface area contributed by atoms with Gasteiger partial charge in [-0.15, -0.1) is 0 Å². The van der Waals surface area contributed by atoms with Gasteiger partial charge in [0.05, 0.1) is 0 Å². The normalized spacial score (nSPS) is 31.6. The lowest BCUT2D eigenvalue weighted by Gasteiger charge is -2.29. The van der Waals surface area contributed by atoms with Gasteiger partial charge in [0.15, 0.2) is 0 Å². The van der Waals surface area contributed by atoms with Crippen LogP contribution in [-0.2, 0) is 11.2 Å². The van der Waals surface area contributed by atoms with Gasteiger partial charge in [-0.2, -0.15) is 0 Å². The topological polar surface area (TPSA) is 46.3 Å². The van der Waals surface area contributed by atoms with Crippen LogP contribution in [0.1, 0.15) is 38.2 Å². The molecule has 1 saturated heterocycles. The molecule has 0 bridgehead atoms. The number of nitrogens with two attached hydrogens (primary N) is 1. The molecule has 2 N–H and O–H groups in total. The fraction of sp³-hybridized carbons (Fsp3) is 0.632. The van der Waals surface area contributed by atoms with E-state index in [0.29, 0.717) is 30.3 Å². The van der Waals surface area contributed by atoms with E-state index in [1.54, 1.807) is 0 Å². The van der Waals surface area contributed by atoms with E-state index in [1.165, 1.54) is 5.56 Å². The maximum atomic E-state index is 12.9. The molecule has 0 spiro atoms. The van der Waals surface area contributed by atoms with Gasteiger partial charge in [-0.05, 0) is 56.6 Å². The zero-order chi connectivity index (χ0) is 15.5. The molecule has 0 aromatic heterocycles. The molecule has 3 nitrogen and oxygen atoms in total. The summed E-state index contributed by atoms with van der Waals surface area (Å²) < 4.78 is 0. The number of hydrogen-bond donors (Lipinski definition) is 1. The maximum Gasteiger partial charge on any atom is 0.226 e. The molecule has 1 aromatic carbocycles. The first-order valence-corrected chi connectivity index (χ1v) is 8.75. The predicted molar refractivity (Wildman–Crippen MR) is 89.3 cm³/mol. The minimum absolute atomic E-state index is 0.183. The van der Waals surface area contributed by atoms with Crippen molar-refractivity contribution in [3.05, 3.63) is 35.9 Å². The van der Waals surface area contributed by atoms with Gasteiger partial charge in [-0.1, -0.05) is 36.8 Å². The lowest BCUT2D eigenvalue weighted by molar-refractivity contribution is -0.137. The second-order valence-corrected chi connectivity index (χ2v) is 7.04. The molecular weight excluding hydrogens is 272 g/mol. The Balaban J connectivity index is 1.63. The van der Waals surface area contributed by atoms with Crippen molar-refractivity contribution < 1.29 is 4.79 Å². The van der Waals surface area contributed by atoms with Crippen LogP contribution >= 0.6 is 0 Å². The van der Waals surface area contributed by atoms with Crippen molar-refractivity contribution in [2.45, 2.75) is 45.1 Å². The highest BCUT2D eigenvalue weighted by Crippen LogP contribution is 2.36. The number of amides is 1. The minimum Gasteiger partial charge on any atom is -0.339 e. The first-order chi connectivity index (χ1) is 10.7. The van der Waals surface area contributed by atoms with Crippen LogP contribution in [0.15, 0.2) is 30.3 Å². The number of rotatable bonds is 4. The van der Waals surface area contributed by atoms with Gasteiger partial charge in [-0.3, -0.25) is 4.79 Å². The monoisotopic (exact) mass is 300 g/mol. The quantitative estimate of drug-likeness (QED) is 0.929. The Morgan fingerprint density at radius 3 is 2.68 bits per heavy atom. The Hall–Kier alpha value is -1.35. The Labute approximate surface area is 133 Å². The smallest absolute Gasteiger partial charge is 0.226 e. The molecule has 1 saturated carbocycles. The van der Waals surface area contributed by atoms with Crippen LogP contribution in [0.5, 0.6) is 0 Å². The van der Waals surface area contributed by atoms with E-state index in [2.05, 4.69) is 42.2 Å². The molecule has 3 rings (SSSR count). The summed E-state index contributed by atoms with van der Waals surface area (Å²) >= 11 is 0. The fourth-order valence-corrected chi connectivity index (χ4v) is 4.36. The second-order valence-electron chi connectivity index (χ2n) is 7.04. The van der Waals surface area contributed by atoms with Gasteiger partial charge in [0.2, 0.25) is 5.91 Å². The van der Waals surface area contributed by atoms with Crippen LogP contribution in [0, 0.1) is 17.8 Å². The predicted octanol–water partition coefficient (Wildman–Crippen LogP) is 2.84. The van der Waals surface area contributed by atoms with E-state index >= 15 is 0 Å². The van der Waals surface area contributed by atoms with Gasteiger partial charge in [0, 0.05) is 18.5 Å². The molecule has 2 fully saturated rings. The third-order valence-electron chi connectivity index (χ3n) is 5.82. The molecule has 1 heterocycles. The van der Waals surface area contributed by atoms with Gasteiger partial charge >= 0.3 is 0 Å². The van der Waals surface area contributed by atoms with E-state index in [1.807, 2.05) is 0 Å². The van der Waals surface area contributed by atoms with Gasteiger partial charge < -0.3 is 10.6 Å². The summed E-state index contributed by atoms with van der Waals surface area (Å²) in [5, 5.41) is 0. The average molecular weight is 300 g/mol. The van der Waals surface area contributed by atoms with Crippen molar-refractivity contribution in [1.29, 1.82) is 0 Å². The molecule has 2 aliphatic rings. The van der Waals surface area contributed by atoms with Crippen LogP contribution in [0.25, 0.3) is 0 Å². The molecular formula is C19H28N2O. The molecule has 3 heteroatoms. The number of carbonyl (C=O) groups is 1. The molecule has 1 aliphatic carbocycles. The number of carbonyl (C=O) groups excluding carboxylic acids is 1. The van der Waals surface area contributed by atoms with Crippen molar-refractivity contribution in [3.63, 3.8) is 0 Å². The summed E-state index contributed by atoms with van der Waals surface area (Å²) in [5.41, 5.74) is 7.24. The van der Waals surface area contributed by atoms with Gasteiger partial charge in [-0.25, -0.2) is 0 Å². The van der Waals surface area contributed by atoms with E-state index in [9.17, 15) is 4.79 Å². The molecule has 4 atom stereocenters. The third kappa shape index (κ3) is 3.05. The summed E-state index contributed by atoms with van der Waals surface area (Å²) in [4.78, 5) is 15.0. The standard InChI is InChI=1S/C19H28N2O/c1-14-16(12-15-6-3-2-4-7-15)10-11-21(14)19(22)18-9-5-8-17(18)13-20/h2-4,6-7,14,16-18H,5,8-13,20H2,1H3/t14?,16?,17-,18-/m1/s1. The Bertz CT molecular complexity index is 501. The number of benzene rings is 1. The minimum atomic E-state index is 0.183. The molecule has 0 radical (unpaired) electrons. The number of hydrogen-bond acceptors (Lipinski definition) is 2. The van der Waals surface area contributed by atoms with E-state index in [0.717, 1.165) is 38.6 Å². The second kappa shape index (κ2) is 6.82. The number of nitrogens with zero attached hydrogens (tertiary/aromatic N) is 1. The van der Waals surface area contributed by atoms with Crippen LogP contribution in [0.2, 0.25) is 0 Å². The van der Waals surface area contributed by atoms with Crippen LogP contribution in [0.4, 0.5) is 0 Å². The fourth-order valence-electron chi connectivity index (χ4n) is 4.36. The van der Waals surface area contributed by atoms with Crippen molar-refractivity contribution >= 4 is 5.91 Å². The lowest BCUT2D eigenvalue weighted by Crippen LogP contribution is -2.42. The third-order valence-corrected chi connectivity index (χ3v) is 5.82. The summed E-state index contributed by atoms with van der Waals surface area (Å²) in [6.45, 7) is 3.81. The highest BCUT2D eigenvalue weighted by molar-refractivity contribution is 5.80. The SMILES string of the molecule is CC1C(Cc2ccccc2)CCN1C(=O)[C@@H]1CCC[C@@H]1CN. The zero-order valence-corrected chi connectivity index (χ0v) is 13.6. The average Bonchev–Trinajstić information content (AvgIpc) is 3.15. The molecule has 2 unspecified atom stereocenters. The van der Waals surface area contributed by atoms with Gasteiger partial charge in [0.1, 0.15) is 0 Å². The van der Waals surface area contributed by atoms with Crippen LogP contribution in [0.3, 0.4) is 0 Å². The molecule has 1 amide bonds.